The van der Waals surface area contributed by atoms with Crippen molar-refractivity contribution in [3.63, 3.8) is 0 Å². The summed E-state index contributed by atoms with van der Waals surface area (Å²) in [7, 11) is 0. The lowest BCUT2D eigenvalue weighted by molar-refractivity contribution is -0.144. The van der Waals surface area contributed by atoms with E-state index < -0.39 is 17.7 Å². The average molecular weight is 407 g/mol. The predicted octanol–water partition coefficient (Wildman–Crippen LogP) is 2.77. The molecule has 1 amide bonds. The molecule has 11 heteroatoms. The number of carbonyl (C=O) groups excluding carboxylic acids is 1. The van der Waals surface area contributed by atoms with Crippen LogP contribution in [0, 0.1) is 26.2 Å². The van der Waals surface area contributed by atoms with Crippen LogP contribution in [0.4, 0.5) is 13.2 Å². The molecule has 0 aromatic carbocycles. The molecule has 0 unspecified atom stereocenters. The van der Waals surface area contributed by atoms with E-state index in [1.807, 2.05) is 0 Å². The number of nitrogens with zero attached hydrogens (tertiary/aromatic N) is 6. The highest BCUT2D eigenvalue weighted by Gasteiger charge is 2.38. The third kappa shape index (κ3) is 4.70. The van der Waals surface area contributed by atoms with Crippen molar-refractivity contribution in [1.82, 2.24) is 24.9 Å². The number of halogens is 3. The van der Waals surface area contributed by atoms with E-state index in [-0.39, 0.29) is 18.1 Å². The number of aromatic nitrogens is 4. The normalized spacial score (nSPS) is 14.8. The molecule has 8 nitrogen and oxygen atoms in total. The SMILES string of the molecule is C#CCCC1(CCNC(=O)CCc2c(C)nc3nc(C(F)(F)F)nn3c2C)N=N1. The highest BCUT2D eigenvalue weighted by molar-refractivity contribution is 5.76. The first-order chi connectivity index (χ1) is 13.6. The zero-order chi connectivity index (χ0) is 21.2. The van der Waals surface area contributed by atoms with Crippen LogP contribution in [0.1, 0.15) is 48.5 Å². The zero-order valence-electron chi connectivity index (χ0n) is 16.0. The second-order valence-electron chi connectivity index (χ2n) is 6.89. The minimum atomic E-state index is -4.65. The fourth-order valence-corrected chi connectivity index (χ4v) is 3.09. The van der Waals surface area contributed by atoms with Gasteiger partial charge in [0, 0.05) is 43.6 Å². The topological polar surface area (TPSA) is 96.9 Å². The molecule has 0 radical (unpaired) electrons. The molecule has 1 N–H and O–H groups in total. The number of carbonyl (C=O) groups is 1. The summed E-state index contributed by atoms with van der Waals surface area (Å²) in [6.45, 7) is 3.73. The van der Waals surface area contributed by atoms with Gasteiger partial charge in [-0.25, -0.2) is 9.50 Å². The van der Waals surface area contributed by atoms with Crippen molar-refractivity contribution in [3.8, 4) is 12.3 Å². The first kappa shape index (κ1) is 20.7. The summed E-state index contributed by atoms with van der Waals surface area (Å²) in [5, 5.41) is 14.3. The van der Waals surface area contributed by atoms with Crippen LogP contribution in [0.15, 0.2) is 10.2 Å². The number of alkyl halides is 3. The molecular formula is C18H20F3N7O. The van der Waals surface area contributed by atoms with Crippen LogP contribution < -0.4 is 5.32 Å². The van der Waals surface area contributed by atoms with Crippen LogP contribution in [-0.2, 0) is 17.4 Å². The van der Waals surface area contributed by atoms with Gasteiger partial charge in [-0.05, 0) is 25.8 Å². The minimum Gasteiger partial charge on any atom is -0.356 e. The Labute approximate surface area is 165 Å². The number of amides is 1. The van der Waals surface area contributed by atoms with Crippen molar-refractivity contribution >= 4 is 11.7 Å². The van der Waals surface area contributed by atoms with E-state index in [2.05, 4.69) is 36.5 Å². The lowest BCUT2D eigenvalue weighted by Crippen LogP contribution is -2.28. The molecule has 2 aromatic rings. The molecule has 3 heterocycles. The maximum Gasteiger partial charge on any atom is 0.453 e. The van der Waals surface area contributed by atoms with Gasteiger partial charge in [-0.3, -0.25) is 4.79 Å². The standard InChI is InChI=1S/C18H20F3N7O/c1-4-5-8-17(26-27-17)9-10-22-14(29)7-6-13-11(2)23-16-24-15(18(19,20)21)25-28(16)12(13)3/h1H,5-10H2,2-3H3,(H,22,29). The Morgan fingerprint density at radius 3 is 2.59 bits per heavy atom. The Kier molecular flexibility index (Phi) is 5.55. The Balaban J connectivity index is 1.58. The van der Waals surface area contributed by atoms with Gasteiger partial charge in [0.05, 0.1) is 0 Å². The van der Waals surface area contributed by atoms with Crippen LogP contribution in [0.25, 0.3) is 5.78 Å². The van der Waals surface area contributed by atoms with Crippen molar-refractivity contribution in [1.29, 1.82) is 0 Å². The molecule has 0 saturated heterocycles. The minimum absolute atomic E-state index is 0.116. The molecule has 0 spiro atoms. The molecule has 0 fully saturated rings. The van der Waals surface area contributed by atoms with Gasteiger partial charge in [0.2, 0.25) is 5.91 Å². The summed E-state index contributed by atoms with van der Waals surface area (Å²) in [5.74, 6) is 1.02. The molecule has 0 saturated carbocycles. The number of terminal acetylenes is 1. The zero-order valence-corrected chi connectivity index (χ0v) is 16.0. The molecule has 0 aliphatic carbocycles. The number of hydrogen-bond donors (Lipinski definition) is 1. The number of hydrogen-bond acceptors (Lipinski definition) is 6. The fraction of sp³-hybridized carbons (Fsp3) is 0.556. The predicted molar refractivity (Wildman–Crippen MR) is 96.9 cm³/mol. The quantitative estimate of drug-likeness (QED) is 0.681. The van der Waals surface area contributed by atoms with E-state index in [1.165, 1.54) is 0 Å². The maximum absolute atomic E-state index is 12.8. The van der Waals surface area contributed by atoms with Gasteiger partial charge in [0.25, 0.3) is 11.6 Å². The van der Waals surface area contributed by atoms with Crippen molar-refractivity contribution in [3.05, 3.63) is 22.8 Å². The van der Waals surface area contributed by atoms with Crippen molar-refractivity contribution < 1.29 is 18.0 Å². The number of aryl methyl sites for hydroxylation is 2. The highest BCUT2D eigenvalue weighted by Crippen LogP contribution is 2.36. The van der Waals surface area contributed by atoms with Crippen LogP contribution in [-0.4, -0.2) is 37.7 Å². The van der Waals surface area contributed by atoms with Crippen molar-refractivity contribution in [2.45, 2.75) is 57.8 Å². The number of nitrogens with one attached hydrogen (secondary N) is 1. The largest absolute Gasteiger partial charge is 0.453 e. The number of fused-ring (bicyclic) bond motifs is 1. The van der Waals surface area contributed by atoms with Crippen LogP contribution >= 0.6 is 0 Å². The van der Waals surface area contributed by atoms with E-state index >= 15 is 0 Å². The second kappa shape index (κ2) is 7.77. The summed E-state index contributed by atoms with van der Waals surface area (Å²) < 4.78 is 39.6. The lowest BCUT2D eigenvalue weighted by atomic mass is 10.0. The molecule has 154 valence electrons. The van der Waals surface area contributed by atoms with Gasteiger partial charge < -0.3 is 5.32 Å². The Morgan fingerprint density at radius 1 is 1.24 bits per heavy atom. The van der Waals surface area contributed by atoms with Gasteiger partial charge >= 0.3 is 6.18 Å². The van der Waals surface area contributed by atoms with Gasteiger partial charge in [-0.2, -0.15) is 28.4 Å². The van der Waals surface area contributed by atoms with Gasteiger partial charge in [0.1, 0.15) is 0 Å². The van der Waals surface area contributed by atoms with Crippen LogP contribution in [0.5, 0.6) is 0 Å². The molecule has 0 atom stereocenters. The van der Waals surface area contributed by atoms with Crippen LogP contribution in [0.3, 0.4) is 0 Å². The van der Waals surface area contributed by atoms with Crippen LogP contribution in [0.2, 0.25) is 0 Å². The summed E-state index contributed by atoms with van der Waals surface area (Å²) >= 11 is 0. The Morgan fingerprint density at radius 2 is 1.97 bits per heavy atom. The lowest BCUT2D eigenvalue weighted by Gasteiger charge is -2.12. The summed E-state index contributed by atoms with van der Waals surface area (Å²) in [5.41, 5.74) is 1.22. The maximum atomic E-state index is 12.8. The van der Waals surface area contributed by atoms with E-state index in [4.69, 9.17) is 6.42 Å². The molecule has 1 aliphatic rings. The van der Waals surface area contributed by atoms with Gasteiger partial charge in [-0.15, -0.1) is 17.4 Å². The first-order valence-corrected chi connectivity index (χ1v) is 9.09. The number of rotatable bonds is 8. The van der Waals surface area contributed by atoms with Crippen molar-refractivity contribution in [2.24, 2.45) is 10.2 Å². The Hall–Kier alpha value is -3.03. The third-order valence-electron chi connectivity index (χ3n) is 4.80. The molecule has 29 heavy (non-hydrogen) atoms. The summed E-state index contributed by atoms with van der Waals surface area (Å²) in [4.78, 5) is 19.7. The molecular weight excluding hydrogens is 387 g/mol. The monoisotopic (exact) mass is 407 g/mol. The second-order valence-corrected chi connectivity index (χ2v) is 6.89. The van der Waals surface area contributed by atoms with E-state index in [1.54, 1.807) is 13.8 Å². The molecule has 0 bridgehead atoms. The van der Waals surface area contributed by atoms with Gasteiger partial charge in [-0.1, -0.05) is 0 Å². The fourth-order valence-electron chi connectivity index (χ4n) is 3.09. The molecule has 1 aliphatic heterocycles. The third-order valence-corrected chi connectivity index (χ3v) is 4.80. The summed E-state index contributed by atoms with van der Waals surface area (Å²) in [6.07, 6.45) is 2.92. The van der Waals surface area contributed by atoms with E-state index in [0.29, 0.717) is 49.2 Å². The van der Waals surface area contributed by atoms with Gasteiger partial charge in [0.15, 0.2) is 5.66 Å². The smallest absolute Gasteiger partial charge is 0.356 e. The van der Waals surface area contributed by atoms with E-state index in [0.717, 1.165) is 4.52 Å². The summed E-state index contributed by atoms with van der Waals surface area (Å²) in [6, 6.07) is 0. The first-order valence-electron chi connectivity index (χ1n) is 9.09. The van der Waals surface area contributed by atoms with Crippen molar-refractivity contribution in [2.75, 3.05) is 6.54 Å². The highest BCUT2D eigenvalue weighted by atomic mass is 19.4. The Bertz CT molecular complexity index is 998. The molecule has 2 aromatic heterocycles. The average Bonchev–Trinajstić information content (AvgIpc) is 3.26. The molecule has 3 rings (SSSR count). The van der Waals surface area contributed by atoms with E-state index in [9.17, 15) is 18.0 Å².